The molecule has 2 atom stereocenters. The van der Waals surface area contributed by atoms with Crippen LogP contribution in [0.5, 0.6) is 0 Å². The molecule has 0 N–H and O–H groups in total. The van der Waals surface area contributed by atoms with Gasteiger partial charge in [-0.15, -0.1) is 0 Å². The van der Waals surface area contributed by atoms with Crippen molar-refractivity contribution in [1.82, 2.24) is 9.21 Å². The van der Waals surface area contributed by atoms with E-state index in [0.717, 1.165) is 32.1 Å². The highest BCUT2D eigenvalue weighted by Crippen LogP contribution is 2.29. The van der Waals surface area contributed by atoms with E-state index >= 15 is 0 Å². The molecule has 3 aliphatic heterocycles. The zero-order valence-electron chi connectivity index (χ0n) is 14.9. The maximum Gasteiger partial charge on any atom is 0.222 e. The molecule has 2 bridgehead atoms. The van der Waals surface area contributed by atoms with Crippen LogP contribution in [0.15, 0.2) is 30.3 Å². The van der Waals surface area contributed by atoms with Gasteiger partial charge in [-0.1, -0.05) is 30.3 Å². The Morgan fingerprint density at radius 3 is 2.56 bits per heavy atom. The highest BCUT2D eigenvalue weighted by atomic mass is 32.2. The molecule has 0 aromatic heterocycles. The third-order valence-corrected chi connectivity index (χ3v) is 6.65. The summed E-state index contributed by atoms with van der Waals surface area (Å²) in [5.41, 5.74) is 1.31. The standard InChI is InChI=1S/C19H28N2O3S/c1-25(23,24)20-13-17-11-12-18(15-20)21(14-17)19(22)10-6-5-9-16-7-3-2-4-8-16/h2-4,7-8,17-18H,5-6,9-15H2,1H3/t17-,18+/m0/s1. The quantitative estimate of drug-likeness (QED) is 0.728. The van der Waals surface area contributed by atoms with Crippen LogP contribution in [0.25, 0.3) is 0 Å². The van der Waals surface area contributed by atoms with E-state index in [1.54, 1.807) is 4.31 Å². The summed E-state index contributed by atoms with van der Waals surface area (Å²) in [4.78, 5) is 14.6. The van der Waals surface area contributed by atoms with E-state index in [0.29, 0.717) is 26.1 Å². The van der Waals surface area contributed by atoms with Gasteiger partial charge in [-0.2, -0.15) is 4.31 Å². The first-order chi connectivity index (χ1) is 11.9. The fourth-order valence-corrected chi connectivity index (χ4v) is 4.93. The molecule has 5 nitrogen and oxygen atoms in total. The number of rotatable bonds is 6. The van der Waals surface area contributed by atoms with Gasteiger partial charge in [0.05, 0.1) is 6.26 Å². The molecular formula is C19H28N2O3S. The second kappa shape index (κ2) is 7.87. The lowest BCUT2D eigenvalue weighted by atomic mass is 9.94. The minimum absolute atomic E-state index is 0.0510. The molecular weight excluding hydrogens is 336 g/mol. The van der Waals surface area contributed by atoms with E-state index in [4.69, 9.17) is 0 Å². The number of hydrogen-bond donors (Lipinski definition) is 0. The van der Waals surface area contributed by atoms with Crippen LogP contribution < -0.4 is 0 Å². The molecule has 4 rings (SSSR count). The highest BCUT2D eigenvalue weighted by Gasteiger charge is 2.39. The summed E-state index contributed by atoms with van der Waals surface area (Å²) in [6, 6.07) is 10.4. The average molecular weight is 365 g/mol. The number of fused-ring (bicyclic) bond motifs is 4. The lowest BCUT2D eigenvalue weighted by molar-refractivity contribution is -0.135. The van der Waals surface area contributed by atoms with Gasteiger partial charge < -0.3 is 4.90 Å². The van der Waals surface area contributed by atoms with Gasteiger partial charge in [0.25, 0.3) is 0 Å². The zero-order chi connectivity index (χ0) is 17.9. The summed E-state index contributed by atoms with van der Waals surface area (Å²) >= 11 is 0. The van der Waals surface area contributed by atoms with Gasteiger partial charge in [-0.3, -0.25) is 4.79 Å². The van der Waals surface area contributed by atoms with E-state index in [1.807, 2.05) is 23.1 Å². The summed E-state index contributed by atoms with van der Waals surface area (Å²) in [6.45, 7) is 1.74. The number of amides is 1. The Morgan fingerprint density at radius 1 is 1.08 bits per heavy atom. The summed E-state index contributed by atoms with van der Waals surface area (Å²) < 4.78 is 25.4. The lowest BCUT2D eigenvalue weighted by Gasteiger charge is -2.36. The fraction of sp³-hybridized carbons (Fsp3) is 0.632. The number of nitrogens with zero attached hydrogens (tertiary/aromatic N) is 2. The SMILES string of the molecule is CS(=O)(=O)N1C[C@@H]2CC[C@H](C1)N(C(=O)CCCCc1ccccc1)C2. The molecule has 1 aromatic rings. The predicted molar refractivity (Wildman–Crippen MR) is 98.6 cm³/mol. The van der Waals surface area contributed by atoms with Crippen LogP contribution in [0.3, 0.4) is 0 Å². The summed E-state index contributed by atoms with van der Waals surface area (Å²) in [5, 5.41) is 0. The Hall–Kier alpha value is -1.40. The molecule has 0 spiro atoms. The van der Waals surface area contributed by atoms with Crippen molar-refractivity contribution in [3.8, 4) is 0 Å². The minimum Gasteiger partial charge on any atom is -0.338 e. The van der Waals surface area contributed by atoms with Crippen LogP contribution in [0.4, 0.5) is 0 Å². The Bertz CT molecular complexity index is 690. The number of carbonyl (C=O) groups excluding carboxylic acids is 1. The van der Waals surface area contributed by atoms with Crippen LogP contribution in [0.2, 0.25) is 0 Å². The van der Waals surface area contributed by atoms with Crippen LogP contribution >= 0.6 is 0 Å². The maximum atomic E-state index is 12.7. The van der Waals surface area contributed by atoms with E-state index in [1.165, 1.54) is 11.8 Å². The van der Waals surface area contributed by atoms with Crippen LogP contribution in [0.1, 0.15) is 37.7 Å². The third kappa shape index (κ3) is 4.82. The van der Waals surface area contributed by atoms with Gasteiger partial charge >= 0.3 is 0 Å². The normalized spacial score (nSPS) is 24.3. The van der Waals surface area contributed by atoms with Crippen molar-refractivity contribution in [2.45, 2.75) is 44.6 Å². The Labute approximate surface area is 151 Å². The number of sulfonamides is 1. The topological polar surface area (TPSA) is 57.7 Å². The van der Waals surface area contributed by atoms with Gasteiger partial charge in [0.1, 0.15) is 0 Å². The largest absolute Gasteiger partial charge is 0.338 e. The van der Waals surface area contributed by atoms with E-state index < -0.39 is 10.0 Å². The number of aryl methyl sites for hydroxylation is 1. The first-order valence-corrected chi connectivity index (χ1v) is 11.1. The summed E-state index contributed by atoms with van der Waals surface area (Å²) in [6.07, 6.45) is 6.68. The fourth-order valence-electron chi connectivity index (χ4n) is 4.01. The molecule has 0 saturated carbocycles. The predicted octanol–water partition coefficient (Wildman–Crippen LogP) is 2.28. The van der Waals surface area contributed by atoms with Gasteiger partial charge in [-0.05, 0) is 43.6 Å². The molecule has 1 amide bonds. The molecule has 3 heterocycles. The Kier molecular flexibility index (Phi) is 5.79. The van der Waals surface area contributed by atoms with Crippen molar-refractivity contribution in [3.05, 3.63) is 35.9 Å². The average Bonchev–Trinajstić information content (AvgIpc) is 2.91. The highest BCUT2D eigenvalue weighted by molar-refractivity contribution is 7.88. The van der Waals surface area contributed by atoms with Crippen molar-refractivity contribution in [3.63, 3.8) is 0 Å². The molecule has 3 saturated heterocycles. The van der Waals surface area contributed by atoms with Crippen molar-refractivity contribution in [2.75, 3.05) is 25.9 Å². The Balaban J connectivity index is 1.51. The first-order valence-electron chi connectivity index (χ1n) is 9.22. The number of carbonyl (C=O) groups is 1. The summed E-state index contributed by atoms with van der Waals surface area (Å²) in [5.74, 6) is 0.472. The van der Waals surface area contributed by atoms with Crippen molar-refractivity contribution >= 4 is 15.9 Å². The number of piperidine rings is 1. The van der Waals surface area contributed by atoms with Crippen molar-refractivity contribution < 1.29 is 13.2 Å². The van der Waals surface area contributed by atoms with Gasteiger partial charge in [-0.25, -0.2) is 8.42 Å². The molecule has 138 valence electrons. The van der Waals surface area contributed by atoms with Crippen molar-refractivity contribution in [2.24, 2.45) is 5.92 Å². The molecule has 1 aromatic carbocycles. The number of unbranched alkanes of at least 4 members (excludes halogenated alkanes) is 1. The number of benzene rings is 1. The summed E-state index contributed by atoms with van der Waals surface area (Å²) in [7, 11) is -3.18. The van der Waals surface area contributed by atoms with Crippen LogP contribution in [0, 0.1) is 5.92 Å². The van der Waals surface area contributed by atoms with Gasteiger partial charge in [0.15, 0.2) is 0 Å². The van der Waals surface area contributed by atoms with Crippen LogP contribution in [-0.2, 0) is 21.2 Å². The lowest BCUT2D eigenvalue weighted by Crippen LogP contribution is -2.47. The van der Waals surface area contributed by atoms with Gasteiger partial charge in [0, 0.05) is 32.1 Å². The minimum atomic E-state index is -3.18. The molecule has 0 unspecified atom stereocenters. The molecule has 6 heteroatoms. The smallest absolute Gasteiger partial charge is 0.222 e. The molecule has 0 radical (unpaired) electrons. The second-order valence-corrected chi connectivity index (χ2v) is 9.40. The molecule has 0 aliphatic carbocycles. The van der Waals surface area contributed by atoms with Gasteiger partial charge in [0.2, 0.25) is 15.9 Å². The van der Waals surface area contributed by atoms with E-state index in [9.17, 15) is 13.2 Å². The third-order valence-electron chi connectivity index (χ3n) is 5.42. The van der Waals surface area contributed by atoms with E-state index in [-0.39, 0.29) is 17.9 Å². The van der Waals surface area contributed by atoms with E-state index in [2.05, 4.69) is 12.1 Å². The molecule has 25 heavy (non-hydrogen) atoms. The number of hydrogen-bond acceptors (Lipinski definition) is 3. The maximum absolute atomic E-state index is 12.7. The molecule has 3 aliphatic rings. The van der Waals surface area contributed by atoms with Crippen LogP contribution in [-0.4, -0.2) is 55.5 Å². The zero-order valence-corrected chi connectivity index (χ0v) is 15.7. The first kappa shape index (κ1) is 18.4. The molecule has 3 fully saturated rings. The van der Waals surface area contributed by atoms with Crippen molar-refractivity contribution in [1.29, 1.82) is 0 Å². The second-order valence-electron chi connectivity index (χ2n) is 7.42. The monoisotopic (exact) mass is 364 g/mol. The Morgan fingerprint density at radius 2 is 1.84 bits per heavy atom.